The van der Waals surface area contributed by atoms with Gasteiger partial charge in [-0.1, -0.05) is 0 Å². The minimum atomic E-state index is 0.569. The highest BCUT2D eigenvalue weighted by Crippen LogP contribution is 2.91. The zero-order valence-electron chi connectivity index (χ0n) is 12.3. The molecule has 9 unspecified atom stereocenters. The Kier molecular flexibility index (Phi) is 1.10. The van der Waals surface area contributed by atoms with E-state index in [0.29, 0.717) is 11.8 Å². The number of rotatable bonds is 0. The first-order valence-electron chi connectivity index (χ1n) is 9.91. The van der Waals surface area contributed by atoms with Gasteiger partial charge in [-0.3, -0.25) is 4.79 Å². The average Bonchev–Trinajstić information content (AvgIpc) is 3.17. The number of hydrogen-bond donors (Lipinski definition) is 0. The molecule has 0 aromatic carbocycles. The maximum Gasteiger partial charge on any atom is 0.139 e. The van der Waals surface area contributed by atoms with E-state index in [9.17, 15) is 4.79 Å². The van der Waals surface area contributed by atoms with E-state index >= 15 is 0 Å². The molecule has 16 atom stereocenters. The van der Waals surface area contributed by atoms with Gasteiger partial charge in [0.15, 0.2) is 0 Å². The molecule has 9 aliphatic rings. The van der Waals surface area contributed by atoms with Gasteiger partial charge < -0.3 is 0 Å². The monoisotopic (exact) mass is 278 g/mol. The topological polar surface area (TPSA) is 17.1 Å². The van der Waals surface area contributed by atoms with Gasteiger partial charge in [-0.15, -0.1) is 0 Å². The Morgan fingerprint density at radius 1 is 0.571 bits per heavy atom. The number of carbonyl (C=O) groups is 1. The van der Waals surface area contributed by atoms with E-state index in [1.165, 1.54) is 18.8 Å². The maximum absolute atomic E-state index is 13.3. The van der Waals surface area contributed by atoms with E-state index in [-0.39, 0.29) is 0 Å². The molecule has 0 N–H and O–H groups in total. The number of ketones is 1. The van der Waals surface area contributed by atoms with E-state index in [4.69, 9.17) is 0 Å². The first-order chi connectivity index (χ1) is 10.4. The van der Waals surface area contributed by atoms with E-state index in [1.54, 1.807) is 6.42 Å². The third-order valence-corrected chi connectivity index (χ3v) is 11.6. The molecule has 9 saturated carbocycles. The second kappa shape index (κ2) is 2.38. The van der Waals surface area contributed by atoms with Crippen LogP contribution in [0.1, 0.15) is 19.3 Å². The minimum Gasteiger partial charge on any atom is -0.299 e. The standard InChI is InChI=1S/C20H22O/c21-20-7-3-6-9-4-1-2-5-8(4)13-14(9)16-11(6)12(7)17-18(16)15(13)10(5)19(17)20/h4-19H,1-3H2/t4-,5?,6-,7+,8+,9?,10?,11-,12?,13?,14+,15?,16?,17?,18?,19+/m0/s1. The molecule has 0 bridgehead atoms. The Morgan fingerprint density at radius 3 is 2.05 bits per heavy atom. The van der Waals surface area contributed by atoms with E-state index in [1.807, 2.05) is 0 Å². The molecule has 0 amide bonds. The molecular weight excluding hydrogens is 256 g/mol. The van der Waals surface area contributed by atoms with Gasteiger partial charge in [0.2, 0.25) is 0 Å². The SMILES string of the molecule is O=C1[C@@H]2C3C4C5C2C2[C@H]6C5[C@H]5C4[C@H]4C3CC[C@@H]4C5[C@@H]6C[C@@H]12. The summed E-state index contributed by atoms with van der Waals surface area (Å²) < 4.78 is 0. The van der Waals surface area contributed by atoms with Crippen molar-refractivity contribution in [3.63, 3.8) is 0 Å². The summed E-state index contributed by atoms with van der Waals surface area (Å²) in [6.07, 6.45) is 4.46. The highest BCUT2D eigenvalue weighted by molar-refractivity contribution is 5.88. The molecule has 9 aliphatic carbocycles. The molecule has 108 valence electrons. The van der Waals surface area contributed by atoms with Crippen LogP contribution in [0.5, 0.6) is 0 Å². The van der Waals surface area contributed by atoms with Crippen LogP contribution in [0.2, 0.25) is 0 Å². The number of carbonyl (C=O) groups excluding carboxylic acids is 1. The Hall–Kier alpha value is -0.330. The first kappa shape index (κ1) is 9.73. The zero-order valence-corrected chi connectivity index (χ0v) is 12.3. The lowest BCUT2D eigenvalue weighted by Crippen LogP contribution is -2.31. The number of fused-ring (bicyclic) bond motifs is 4. The van der Waals surface area contributed by atoms with Crippen LogP contribution in [0.4, 0.5) is 0 Å². The van der Waals surface area contributed by atoms with Crippen molar-refractivity contribution in [1.82, 2.24) is 0 Å². The summed E-state index contributed by atoms with van der Waals surface area (Å²) in [6.45, 7) is 0. The normalized spacial score (nSPS) is 87.5. The van der Waals surface area contributed by atoms with Crippen molar-refractivity contribution in [2.45, 2.75) is 19.3 Å². The summed E-state index contributed by atoms with van der Waals surface area (Å²) in [6, 6.07) is 0. The van der Waals surface area contributed by atoms with Crippen LogP contribution in [-0.4, -0.2) is 5.78 Å². The zero-order chi connectivity index (χ0) is 12.9. The van der Waals surface area contributed by atoms with Crippen LogP contribution in [0, 0.1) is 94.7 Å². The molecule has 0 heterocycles. The summed E-state index contributed by atoms with van der Waals surface area (Å²) >= 11 is 0. The van der Waals surface area contributed by atoms with Crippen molar-refractivity contribution >= 4 is 5.78 Å². The van der Waals surface area contributed by atoms with E-state index < -0.39 is 0 Å². The van der Waals surface area contributed by atoms with Crippen molar-refractivity contribution in [2.75, 3.05) is 0 Å². The Morgan fingerprint density at radius 2 is 1.19 bits per heavy atom. The highest BCUT2D eigenvalue weighted by atomic mass is 16.1. The smallest absolute Gasteiger partial charge is 0.139 e. The third-order valence-electron chi connectivity index (χ3n) is 11.6. The van der Waals surface area contributed by atoms with Crippen LogP contribution in [0.3, 0.4) is 0 Å². The van der Waals surface area contributed by atoms with Gasteiger partial charge in [0, 0.05) is 11.8 Å². The molecule has 21 heavy (non-hydrogen) atoms. The summed E-state index contributed by atoms with van der Waals surface area (Å²) in [5.74, 6) is 16.8. The van der Waals surface area contributed by atoms with E-state index in [2.05, 4.69) is 0 Å². The van der Waals surface area contributed by atoms with Crippen molar-refractivity contribution in [2.24, 2.45) is 94.7 Å². The van der Waals surface area contributed by atoms with Gasteiger partial charge in [-0.05, 0) is 102 Å². The number of Topliss-reactive ketones (excluding diaryl/α,β-unsaturated/α-hetero) is 1. The predicted octanol–water partition coefficient (Wildman–Crippen LogP) is 2.71. The molecule has 0 aromatic heterocycles. The van der Waals surface area contributed by atoms with E-state index in [0.717, 1.165) is 82.7 Å². The fourth-order valence-corrected chi connectivity index (χ4v) is 12.7. The summed E-state index contributed by atoms with van der Waals surface area (Å²) in [5.41, 5.74) is 0. The Bertz CT molecular complexity index is 658. The molecule has 0 radical (unpaired) electrons. The third kappa shape index (κ3) is 0.606. The van der Waals surface area contributed by atoms with Gasteiger partial charge in [-0.2, -0.15) is 0 Å². The Labute approximate surface area is 125 Å². The van der Waals surface area contributed by atoms with Crippen LogP contribution in [0.25, 0.3) is 0 Å². The lowest BCUT2D eigenvalue weighted by atomic mass is 9.73. The van der Waals surface area contributed by atoms with Gasteiger partial charge in [0.1, 0.15) is 5.78 Å². The minimum absolute atomic E-state index is 0.569. The van der Waals surface area contributed by atoms with Crippen LogP contribution < -0.4 is 0 Å². The molecule has 0 aliphatic heterocycles. The number of hydrogen-bond acceptors (Lipinski definition) is 1. The van der Waals surface area contributed by atoms with Crippen LogP contribution in [0.15, 0.2) is 0 Å². The fourth-order valence-electron chi connectivity index (χ4n) is 12.7. The summed E-state index contributed by atoms with van der Waals surface area (Å²) in [5, 5.41) is 0. The van der Waals surface area contributed by atoms with Crippen molar-refractivity contribution in [3.05, 3.63) is 0 Å². The van der Waals surface area contributed by atoms with Crippen LogP contribution >= 0.6 is 0 Å². The van der Waals surface area contributed by atoms with Gasteiger partial charge in [0.25, 0.3) is 0 Å². The molecule has 0 saturated heterocycles. The molecule has 1 nitrogen and oxygen atoms in total. The summed E-state index contributed by atoms with van der Waals surface area (Å²) in [4.78, 5) is 13.3. The molecular formula is C20H22O. The van der Waals surface area contributed by atoms with Gasteiger partial charge in [0.05, 0.1) is 0 Å². The lowest BCUT2D eigenvalue weighted by molar-refractivity contribution is -0.126. The molecule has 1 heteroatoms. The fraction of sp³-hybridized carbons (Fsp3) is 0.950. The quantitative estimate of drug-likeness (QED) is 0.666. The largest absolute Gasteiger partial charge is 0.299 e. The van der Waals surface area contributed by atoms with Crippen molar-refractivity contribution in [3.8, 4) is 0 Å². The molecule has 0 aromatic rings. The highest BCUT2D eigenvalue weighted by Gasteiger charge is 2.88. The van der Waals surface area contributed by atoms with Crippen molar-refractivity contribution in [1.29, 1.82) is 0 Å². The second-order valence-electron chi connectivity index (χ2n) is 10.7. The second-order valence-corrected chi connectivity index (χ2v) is 10.7. The van der Waals surface area contributed by atoms with Gasteiger partial charge in [-0.25, -0.2) is 0 Å². The van der Waals surface area contributed by atoms with Gasteiger partial charge >= 0.3 is 0 Å². The van der Waals surface area contributed by atoms with Crippen molar-refractivity contribution < 1.29 is 4.79 Å². The lowest BCUT2D eigenvalue weighted by Gasteiger charge is -2.31. The molecule has 9 fully saturated rings. The Balaban J connectivity index is 1.48. The first-order valence-corrected chi connectivity index (χ1v) is 9.91. The van der Waals surface area contributed by atoms with Crippen LogP contribution in [-0.2, 0) is 4.79 Å². The predicted molar refractivity (Wildman–Crippen MR) is 74.7 cm³/mol. The average molecular weight is 278 g/mol. The molecule has 9 rings (SSSR count). The molecule has 0 spiro atoms. The summed E-state index contributed by atoms with van der Waals surface area (Å²) in [7, 11) is 0. The maximum atomic E-state index is 13.3.